The molecule has 29 heavy (non-hydrogen) atoms. The van der Waals surface area contributed by atoms with Gasteiger partial charge in [0.2, 0.25) is 17.6 Å². The molecule has 2 aliphatic rings. The summed E-state index contributed by atoms with van der Waals surface area (Å²) in [4.78, 5) is 50.5. The summed E-state index contributed by atoms with van der Waals surface area (Å²) >= 11 is 0. The van der Waals surface area contributed by atoms with Gasteiger partial charge in [-0.25, -0.2) is 0 Å². The van der Waals surface area contributed by atoms with Gasteiger partial charge in [0.25, 0.3) is 0 Å². The summed E-state index contributed by atoms with van der Waals surface area (Å²) in [7, 11) is 0. The minimum atomic E-state index is -0.593. The molecule has 7 nitrogen and oxygen atoms in total. The van der Waals surface area contributed by atoms with E-state index in [1.807, 2.05) is 45.9 Å². The van der Waals surface area contributed by atoms with Crippen molar-refractivity contribution in [3.8, 4) is 0 Å². The van der Waals surface area contributed by atoms with Crippen molar-refractivity contribution < 1.29 is 23.9 Å². The van der Waals surface area contributed by atoms with Gasteiger partial charge in [-0.1, -0.05) is 12.2 Å². The molecule has 1 saturated heterocycles. The molecular formula is C22H28N2O5. The van der Waals surface area contributed by atoms with Crippen LogP contribution in [0.5, 0.6) is 0 Å². The zero-order chi connectivity index (χ0) is 21.3. The third-order valence-corrected chi connectivity index (χ3v) is 5.80. The monoisotopic (exact) mass is 400 g/mol. The SMILES string of the molecule is Cc1cc(C(=O)COC(=O)CCN2C(=O)[C@@H]3CC=CC[C@H]3C2=O)c(C)n1C(C)C. The Kier molecular flexibility index (Phi) is 6.05. The Morgan fingerprint density at radius 1 is 1.10 bits per heavy atom. The lowest BCUT2D eigenvalue weighted by atomic mass is 9.85. The first-order valence-corrected chi connectivity index (χ1v) is 10.1. The molecular weight excluding hydrogens is 372 g/mol. The molecule has 2 heterocycles. The number of carbonyl (C=O) groups is 4. The molecule has 1 aliphatic heterocycles. The van der Waals surface area contributed by atoms with E-state index in [1.165, 1.54) is 4.90 Å². The Labute approximate surface area is 170 Å². The molecule has 1 aromatic rings. The summed E-state index contributed by atoms with van der Waals surface area (Å²) in [6.45, 7) is 7.55. The molecule has 0 radical (unpaired) electrons. The number of imide groups is 1. The van der Waals surface area contributed by atoms with E-state index in [1.54, 1.807) is 0 Å². The molecule has 0 N–H and O–H groups in total. The van der Waals surface area contributed by atoms with Crippen molar-refractivity contribution in [3.05, 3.63) is 35.2 Å². The molecule has 1 aromatic heterocycles. The van der Waals surface area contributed by atoms with Gasteiger partial charge < -0.3 is 9.30 Å². The van der Waals surface area contributed by atoms with Crippen LogP contribution in [0.2, 0.25) is 0 Å². The first-order chi connectivity index (χ1) is 13.7. The van der Waals surface area contributed by atoms with Crippen molar-refractivity contribution in [2.24, 2.45) is 11.8 Å². The second kappa shape index (κ2) is 8.35. The highest BCUT2D eigenvalue weighted by molar-refractivity contribution is 6.05. The van der Waals surface area contributed by atoms with E-state index >= 15 is 0 Å². The van der Waals surface area contributed by atoms with Crippen LogP contribution in [0.25, 0.3) is 0 Å². The quantitative estimate of drug-likeness (QED) is 0.304. The number of aromatic nitrogens is 1. The number of carbonyl (C=O) groups excluding carboxylic acids is 4. The second-order valence-electron chi connectivity index (χ2n) is 8.07. The standard InChI is InChI=1S/C22H28N2O5/c1-13(2)24-14(3)11-18(15(24)4)19(25)12-29-20(26)9-10-23-21(27)16-7-5-6-8-17(16)22(23)28/h5-6,11,13,16-17H,7-10,12H2,1-4H3/t16-,17-/m1/s1. The van der Waals surface area contributed by atoms with E-state index in [4.69, 9.17) is 4.74 Å². The van der Waals surface area contributed by atoms with Crippen LogP contribution in [0.4, 0.5) is 0 Å². The lowest BCUT2D eigenvalue weighted by Crippen LogP contribution is -2.33. The van der Waals surface area contributed by atoms with Crippen molar-refractivity contribution in [1.29, 1.82) is 0 Å². The molecule has 1 aliphatic carbocycles. The number of rotatable bonds is 7. The fourth-order valence-corrected chi connectivity index (χ4v) is 4.44. The number of nitrogens with zero attached hydrogens (tertiary/aromatic N) is 2. The minimum absolute atomic E-state index is 0.000444. The van der Waals surface area contributed by atoms with Gasteiger partial charge in [-0.3, -0.25) is 24.1 Å². The lowest BCUT2D eigenvalue weighted by Gasteiger charge is -2.14. The number of allylic oxidation sites excluding steroid dienone is 2. The fraction of sp³-hybridized carbons (Fsp3) is 0.545. The van der Waals surface area contributed by atoms with Gasteiger partial charge in [0.15, 0.2) is 6.61 Å². The lowest BCUT2D eigenvalue weighted by molar-refractivity contribution is -0.145. The molecule has 0 unspecified atom stereocenters. The number of fused-ring (bicyclic) bond motifs is 1. The Balaban J connectivity index is 1.52. The highest BCUT2D eigenvalue weighted by Gasteiger charge is 2.46. The second-order valence-corrected chi connectivity index (χ2v) is 8.07. The van der Waals surface area contributed by atoms with Gasteiger partial charge in [0.05, 0.1) is 18.3 Å². The number of hydrogen-bond acceptors (Lipinski definition) is 5. The van der Waals surface area contributed by atoms with Gasteiger partial charge in [0, 0.05) is 29.5 Å². The number of amides is 2. The Bertz CT molecular complexity index is 854. The molecule has 2 amide bonds. The highest BCUT2D eigenvalue weighted by Crippen LogP contribution is 2.35. The van der Waals surface area contributed by atoms with E-state index in [2.05, 4.69) is 4.57 Å². The average Bonchev–Trinajstić information content (AvgIpc) is 3.12. The van der Waals surface area contributed by atoms with Crippen LogP contribution in [-0.4, -0.2) is 46.2 Å². The fourth-order valence-electron chi connectivity index (χ4n) is 4.44. The maximum absolute atomic E-state index is 12.5. The van der Waals surface area contributed by atoms with Crippen LogP contribution in [0.15, 0.2) is 18.2 Å². The molecule has 156 valence electrons. The summed E-state index contributed by atoms with van der Waals surface area (Å²) in [6.07, 6.45) is 4.87. The van der Waals surface area contributed by atoms with Crippen LogP contribution in [0.1, 0.15) is 60.9 Å². The summed E-state index contributed by atoms with van der Waals surface area (Å²) in [5, 5.41) is 0. The van der Waals surface area contributed by atoms with Crippen molar-refractivity contribution in [3.63, 3.8) is 0 Å². The highest BCUT2D eigenvalue weighted by atomic mass is 16.5. The topological polar surface area (TPSA) is 85.7 Å². The summed E-state index contributed by atoms with van der Waals surface area (Å²) in [6, 6.07) is 2.04. The van der Waals surface area contributed by atoms with Crippen LogP contribution in [0, 0.1) is 25.7 Å². The largest absolute Gasteiger partial charge is 0.457 e. The molecule has 0 aromatic carbocycles. The number of likely N-dealkylation sites (tertiary alicyclic amines) is 1. The number of Topliss-reactive ketones (excluding diaryl/α,β-unsaturated/α-hetero) is 1. The Morgan fingerprint density at radius 3 is 2.21 bits per heavy atom. The third-order valence-electron chi connectivity index (χ3n) is 5.80. The van der Waals surface area contributed by atoms with Crippen LogP contribution >= 0.6 is 0 Å². The predicted molar refractivity (Wildman–Crippen MR) is 106 cm³/mol. The molecule has 0 bridgehead atoms. The van der Waals surface area contributed by atoms with Gasteiger partial charge in [-0.05, 0) is 46.6 Å². The summed E-state index contributed by atoms with van der Waals surface area (Å²) in [5.74, 6) is -1.89. The summed E-state index contributed by atoms with van der Waals surface area (Å²) in [5.41, 5.74) is 2.38. The molecule has 1 fully saturated rings. The van der Waals surface area contributed by atoms with Crippen molar-refractivity contribution >= 4 is 23.6 Å². The minimum Gasteiger partial charge on any atom is -0.457 e. The van der Waals surface area contributed by atoms with E-state index in [0.717, 1.165) is 11.4 Å². The number of ether oxygens (including phenoxy) is 1. The van der Waals surface area contributed by atoms with Crippen molar-refractivity contribution in [1.82, 2.24) is 9.47 Å². The molecule has 2 atom stereocenters. The molecule has 0 spiro atoms. The zero-order valence-corrected chi connectivity index (χ0v) is 17.4. The van der Waals surface area contributed by atoms with Gasteiger partial charge in [-0.15, -0.1) is 0 Å². The van der Waals surface area contributed by atoms with Gasteiger partial charge >= 0.3 is 5.97 Å². The van der Waals surface area contributed by atoms with E-state index in [0.29, 0.717) is 18.4 Å². The number of aryl methyl sites for hydroxylation is 1. The maximum atomic E-state index is 12.5. The van der Waals surface area contributed by atoms with E-state index in [-0.39, 0.29) is 55.0 Å². The number of ketones is 1. The van der Waals surface area contributed by atoms with E-state index < -0.39 is 5.97 Å². The van der Waals surface area contributed by atoms with Crippen molar-refractivity contribution in [2.75, 3.05) is 13.2 Å². The number of esters is 1. The van der Waals surface area contributed by atoms with Gasteiger partial charge in [-0.2, -0.15) is 0 Å². The van der Waals surface area contributed by atoms with Crippen LogP contribution in [-0.2, 0) is 19.1 Å². The number of hydrogen-bond donors (Lipinski definition) is 0. The first kappa shape index (κ1) is 21.0. The molecule has 0 saturated carbocycles. The maximum Gasteiger partial charge on any atom is 0.308 e. The van der Waals surface area contributed by atoms with Gasteiger partial charge in [0.1, 0.15) is 0 Å². The predicted octanol–water partition coefficient (Wildman–Crippen LogP) is 2.75. The van der Waals surface area contributed by atoms with Crippen LogP contribution in [0.3, 0.4) is 0 Å². The van der Waals surface area contributed by atoms with Crippen LogP contribution < -0.4 is 0 Å². The molecule has 7 heteroatoms. The smallest absolute Gasteiger partial charge is 0.308 e. The Morgan fingerprint density at radius 2 is 1.69 bits per heavy atom. The first-order valence-electron chi connectivity index (χ1n) is 10.1. The van der Waals surface area contributed by atoms with E-state index in [9.17, 15) is 19.2 Å². The Hall–Kier alpha value is -2.70. The zero-order valence-electron chi connectivity index (χ0n) is 17.4. The van der Waals surface area contributed by atoms with Crippen molar-refractivity contribution in [2.45, 2.75) is 53.0 Å². The average molecular weight is 400 g/mol. The normalized spacial score (nSPS) is 21.1. The third kappa shape index (κ3) is 4.04. The molecule has 3 rings (SSSR count). The summed E-state index contributed by atoms with van der Waals surface area (Å²) < 4.78 is 7.18.